The lowest BCUT2D eigenvalue weighted by Crippen LogP contribution is -2.39. The van der Waals surface area contributed by atoms with E-state index in [1.807, 2.05) is 0 Å². The Hall–Kier alpha value is -2.38. The molecule has 0 aromatic carbocycles. The van der Waals surface area contributed by atoms with Crippen LogP contribution in [0.25, 0.3) is 0 Å². The molecule has 0 radical (unpaired) electrons. The molecule has 0 aromatic rings. The Morgan fingerprint density at radius 3 is 1.76 bits per heavy atom. The minimum atomic E-state index is -0.870. The van der Waals surface area contributed by atoms with Gasteiger partial charge in [-0.3, -0.25) is 9.59 Å². The molecule has 2 atom stereocenters. The highest BCUT2D eigenvalue weighted by molar-refractivity contribution is 5.67. The number of nitrogens with zero attached hydrogens (tertiary/aromatic N) is 2. The average Bonchev–Trinajstić information content (AvgIpc) is 2.69. The van der Waals surface area contributed by atoms with Crippen molar-refractivity contribution in [2.45, 2.75) is 85.6 Å². The molecule has 1 aliphatic rings. The van der Waals surface area contributed by atoms with Crippen LogP contribution in [0.3, 0.4) is 0 Å². The molecule has 1 saturated carbocycles. The van der Waals surface area contributed by atoms with Gasteiger partial charge in [0.05, 0.1) is 25.8 Å². The zero-order valence-electron chi connectivity index (χ0n) is 20.5. The Bertz CT molecular complexity index is 673. The molecule has 0 aromatic heterocycles. The van der Waals surface area contributed by atoms with Gasteiger partial charge in [0.2, 0.25) is 12.2 Å². The summed E-state index contributed by atoms with van der Waals surface area (Å²) in [6, 6.07) is 0.00750. The summed E-state index contributed by atoms with van der Waals surface area (Å²) in [5.74, 6) is -1.74. The smallest absolute Gasteiger partial charge is 0.303 e. The molecule has 0 bridgehead atoms. The van der Waals surface area contributed by atoms with Crippen LogP contribution in [0.1, 0.15) is 79.6 Å². The van der Waals surface area contributed by atoms with E-state index in [2.05, 4.69) is 30.8 Å². The summed E-state index contributed by atoms with van der Waals surface area (Å²) >= 11 is 0. The van der Waals surface area contributed by atoms with Crippen LogP contribution in [-0.4, -0.2) is 70.3 Å². The third-order valence-electron chi connectivity index (χ3n) is 5.07. The van der Waals surface area contributed by atoms with E-state index in [9.17, 15) is 19.2 Å². The number of carbonyl (C=O) groups excluding carboxylic acids is 2. The number of hydrogen-bond donors (Lipinski definition) is 4. The van der Waals surface area contributed by atoms with E-state index >= 15 is 0 Å². The standard InChI is InChI=1S/C12H18N2O2.C6H10O4.C5H12O2/c1-11(2)4-10(14-9-16)5-12(3,6-11)7-13-8-15;7-5(8)3-1-2-4-6(9)10;1-5(2,3-6)4-7/h10H,4-7H2,1-3H3;1-4H2,(H,7,8)(H,9,10);6-7H,3-4H2,1-2H3. The van der Waals surface area contributed by atoms with Crippen molar-refractivity contribution in [2.75, 3.05) is 19.8 Å². The van der Waals surface area contributed by atoms with E-state index in [1.165, 1.54) is 0 Å². The van der Waals surface area contributed by atoms with Crippen molar-refractivity contribution in [2.24, 2.45) is 26.2 Å². The van der Waals surface area contributed by atoms with Gasteiger partial charge in [0.25, 0.3) is 0 Å². The number of aliphatic carboxylic acids is 2. The highest BCUT2D eigenvalue weighted by Crippen LogP contribution is 2.47. The van der Waals surface area contributed by atoms with Crippen LogP contribution < -0.4 is 0 Å². The second-order valence-corrected chi connectivity index (χ2v) is 10.3. The number of carboxylic acids is 2. The van der Waals surface area contributed by atoms with E-state index < -0.39 is 11.9 Å². The molecule has 0 saturated heterocycles. The van der Waals surface area contributed by atoms with Gasteiger partial charge >= 0.3 is 11.9 Å². The number of unbranched alkanes of at least 4 members (excludes halogenated alkanes) is 1. The molecule has 33 heavy (non-hydrogen) atoms. The summed E-state index contributed by atoms with van der Waals surface area (Å²) < 4.78 is 0. The molecular formula is C23H40N2O8. The van der Waals surface area contributed by atoms with Gasteiger partial charge in [0.15, 0.2) is 0 Å². The summed E-state index contributed by atoms with van der Waals surface area (Å²) in [6.07, 6.45) is 6.90. The maximum absolute atomic E-state index is 10.3. The number of aliphatic hydroxyl groups excluding tert-OH is 2. The minimum absolute atomic E-state index is 0.00750. The normalized spacial score (nSPS) is 21.0. The maximum atomic E-state index is 10.3. The highest BCUT2D eigenvalue weighted by Gasteiger charge is 2.41. The van der Waals surface area contributed by atoms with Gasteiger partial charge in [-0.1, -0.05) is 34.6 Å². The Morgan fingerprint density at radius 1 is 0.939 bits per heavy atom. The van der Waals surface area contributed by atoms with Gasteiger partial charge in [0, 0.05) is 18.3 Å². The second kappa shape index (κ2) is 16.3. The van der Waals surface area contributed by atoms with E-state index in [1.54, 1.807) is 26.0 Å². The predicted octanol–water partition coefficient (Wildman–Crippen LogP) is 2.96. The fourth-order valence-corrected chi connectivity index (χ4v) is 3.69. The summed E-state index contributed by atoms with van der Waals surface area (Å²) in [7, 11) is 0. The van der Waals surface area contributed by atoms with Crippen LogP contribution in [-0.2, 0) is 19.2 Å². The molecule has 1 rings (SSSR count). The topological polar surface area (TPSA) is 174 Å². The molecule has 0 amide bonds. The first kappa shape index (κ1) is 32.8. The first-order valence-electron chi connectivity index (χ1n) is 10.9. The zero-order chi connectivity index (χ0) is 26.1. The lowest BCUT2D eigenvalue weighted by atomic mass is 9.63. The maximum Gasteiger partial charge on any atom is 0.303 e. The second-order valence-electron chi connectivity index (χ2n) is 10.3. The number of aliphatic imine (C=N–C) groups is 2. The van der Waals surface area contributed by atoms with E-state index in [0.717, 1.165) is 19.3 Å². The summed E-state index contributed by atoms with van der Waals surface area (Å²) in [5.41, 5.74) is -0.249. The molecule has 1 aliphatic carbocycles. The van der Waals surface area contributed by atoms with Crippen LogP contribution in [0, 0.1) is 16.2 Å². The van der Waals surface area contributed by atoms with Crippen LogP contribution in [0.4, 0.5) is 0 Å². The van der Waals surface area contributed by atoms with Gasteiger partial charge in [-0.2, -0.15) is 0 Å². The van der Waals surface area contributed by atoms with Gasteiger partial charge in [-0.15, -0.1) is 0 Å². The van der Waals surface area contributed by atoms with E-state index in [0.29, 0.717) is 19.4 Å². The molecule has 2 unspecified atom stereocenters. The quantitative estimate of drug-likeness (QED) is 0.213. The van der Waals surface area contributed by atoms with Gasteiger partial charge < -0.3 is 20.4 Å². The molecule has 4 N–H and O–H groups in total. The van der Waals surface area contributed by atoms with Gasteiger partial charge in [-0.25, -0.2) is 19.6 Å². The lowest BCUT2D eigenvalue weighted by molar-refractivity contribution is -0.139. The molecule has 1 fully saturated rings. The van der Waals surface area contributed by atoms with E-state index in [4.69, 9.17) is 20.4 Å². The SMILES string of the molecule is CC(C)(CO)CO.CC1(C)CC(N=C=O)CC(C)(CN=C=O)C1.O=C(O)CCCCC(=O)O. The summed E-state index contributed by atoms with van der Waals surface area (Å²) in [6.45, 7) is 10.5. The Labute approximate surface area is 195 Å². The Kier molecular flexibility index (Phi) is 16.2. The monoisotopic (exact) mass is 472 g/mol. The molecule has 0 heterocycles. The number of rotatable bonds is 10. The van der Waals surface area contributed by atoms with Crippen molar-refractivity contribution >= 4 is 24.1 Å². The summed E-state index contributed by atoms with van der Waals surface area (Å²) in [4.78, 5) is 47.8. The Morgan fingerprint density at radius 2 is 1.42 bits per heavy atom. The largest absolute Gasteiger partial charge is 0.481 e. The summed E-state index contributed by atoms with van der Waals surface area (Å²) in [5, 5.41) is 33.1. The van der Waals surface area contributed by atoms with Crippen LogP contribution in [0.15, 0.2) is 9.98 Å². The van der Waals surface area contributed by atoms with Crippen molar-refractivity contribution in [3.8, 4) is 0 Å². The first-order chi connectivity index (χ1) is 15.2. The number of hydrogen-bond acceptors (Lipinski definition) is 8. The van der Waals surface area contributed by atoms with Crippen molar-refractivity contribution < 1.29 is 39.6 Å². The number of aliphatic hydroxyl groups is 2. The fourth-order valence-electron chi connectivity index (χ4n) is 3.69. The lowest BCUT2D eigenvalue weighted by Gasteiger charge is -2.44. The number of isocyanates is 2. The average molecular weight is 473 g/mol. The number of carboxylic acid groups (broad SMARTS) is 2. The number of carbonyl (C=O) groups is 2. The first-order valence-corrected chi connectivity index (χ1v) is 10.9. The third kappa shape index (κ3) is 18.9. The molecular weight excluding hydrogens is 432 g/mol. The van der Waals surface area contributed by atoms with Crippen LogP contribution in [0.5, 0.6) is 0 Å². The minimum Gasteiger partial charge on any atom is -0.481 e. The molecule has 0 aliphatic heterocycles. The van der Waals surface area contributed by atoms with Crippen molar-refractivity contribution in [3.05, 3.63) is 0 Å². The van der Waals surface area contributed by atoms with Gasteiger partial charge in [0.1, 0.15) is 0 Å². The highest BCUT2D eigenvalue weighted by atomic mass is 16.4. The third-order valence-corrected chi connectivity index (χ3v) is 5.07. The van der Waals surface area contributed by atoms with Crippen molar-refractivity contribution in [1.82, 2.24) is 0 Å². The van der Waals surface area contributed by atoms with Crippen LogP contribution in [0.2, 0.25) is 0 Å². The molecule has 190 valence electrons. The predicted molar refractivity (Wildman–Crippen MR) is 122 cm³/mol. The fraction of sp³-hybridized carbons (Fsp3) is 0.826. The molecule has 0 spiro atoms. The van der Waals surface area contributed by atoms with E-state index in [-0.39, 0.29) is 48.3 Å². The van der Waals surface area contributed by atoms with Crippen LogP contribution >= 0.6 is 0 Å². The molecule has 10 heteroatoms. The van der Waals surface area contributed by atoms with Crippen molar-refractivity contribution in [3.63, 3.8) is 0 Å². The molecule has 10 nitrogen and oxygen atoms in total. The zero-order valence-corrected chi connectivity index (χ0v) is 20.5. The van der Waals surface area contributed by atoms with Gasteiger partial charge in [-0.05, 0) is 42.9 Å². The Balaban J connectivity index is 0. The van der Waals surface area contributed by atoms with Crippen molar-refractivity contribution in [1.29, 1.82) is 0 Å².